The Labute approximate surface area is 103 Å². The van der Waals surface area contributed by atoms with Crippen molar-refractivity contribution in [3.05, 3.63) is 42.0 Å². The van der Waals surface area contributed by atoms with Gasteiger partial charge in [-0.15, -0.1) is 0 Å². The van der Waals surface area contributed by atoms with Crippen molar-refractivity contribution in [2.24, 2.45) is 0 Å². The van der Waals surface area contributed by atoms with Crippen LogP contribution in [0.15, 0.2) is 36.4 Å². The van der Waals surface area contributed by atoms with E-state index in [2.05, 4.69) is 0 Å². The van der Waals surface area contributed by atoms with Gasteiger partial charge in [-0.25, -0.2) is 0 Å². The SMILES string of the molecule is O=C(N1CC=C(c2ccccc2)CC1)C(F)(F)F. The van der Waals surface area contributed by atoms with Crippen molar-refractivity contribution in [2.75, 3.05) is 13.1 Å². The van der Waals surface area contributed by atoms with Crippen LogP contribution in [0, 0.1) is 0 Å². The highest BCUT2D eigenvalue weighted by molar-refractivity contribution is 5.83. The lowest BCUT2D eigenvalue weighted by Crippen LogP contribution is -2.43. The van der Waals surface area contributed by atoms with E-state index in [1.54, 1.807) is 6.08 Å². The van der Waals surface area contributed by atoms with E-state index >= 15 is 0 Å². The number of rotatable bonds is 1. The molecule has 0 saturated heterocycles. The zero-order valence-electron chi connectivity index (χ0n) is 9.57. The van der Waals surface area contributed by atoms with Crippen molar-refractivity contribution >= 4 is 11.5 Å². The van der Waals surface area contributed by atoms with Crippen LogP contribution in [0.25, 0.3) is 5.57 Å². The fourth-order valence-electron chi connectivity index (χ4n) is 1.95. The highest BCUT2D eigenvalue weighted by Crippen LogP contribution is 2.25. The highest BCUT2D eigenvalue weighted by Gasteiger charge is 2.42. The van der Waals surface area contributed by atoms with Gasteiger partial charge in [-0.05, 0) is 17.6 Å². The van der Waals surface area contributed by atoms with Crippen molar-refractivity contribution < 1.29 is 18.0 Å². The Balaban J connectivity index is 2.07. The summed E-state index contributed by atoms with van der Waals surface area (Å²) in [5.41, 5.74) is 1.98. The fourth-order valence-corrected chi connectivity index (χ4v) is 1.95. The van der Waals surface area contributed by atoms with Crippen molar-refractivity contribution in [2.45, 2.75) is 12.6 Å². The summed E-state index contributed by atoms with van der Waals surface area (Å²) in [5.74, 6) is -1.76. The maximum Gasteiger partial charge on any atom is 0.471 e. The Bertz CT molecular complexity index is 465. The maximum absolute atomic E-state index is 12.2. The number of alkyl halides is 3. The van der Waals surface area contributed by atoms with E-state index in [0.29, 0.717) is 6.42 Å². The van der Waals surface area contributed by atoms with Gasteiger partial charge in [0.2, 0.25) is 0 Å². The van der Waals surface area contributed by atoms with Gasteiger partial charge in [0.15, 0.2) is 0 Å². The molecule has 5 heteroatoms. The molecule has 1 amide bonds. The molecule has 0 unspecified atom stereocenters. The predicted molar refractivity (Wildman–Crippen MR) is 61.7 cm³/mol. The Morgan fingerprint density at radius 1 is 1.17 bits per heavy atom. The molecule has 2 rings (SSSR count). The molecule has 0 N–H and O–H groups in total. The Morgan fingerprint density at radius 3 is 2.33 bits per heavy atom. The number of carbonyl (C=O) groups excluding carboxylic acids is 1. The Morgan fingerprint density at radius 2 is 1.83 bits per heavy atom. The van der Waals surface area contributed by atoms with Gasteiger partial charge in [0.05, 0.1) is 0 Å². The van der Waals surface area contributed by atoms with Crippen LogP contribution in [0.4, 0.5) is 13.2 Å². The van der Waals surface area contributed by atoms with E-state index in [1.807, 2.05) is 30.3 Å². The van der Waals surface area contributed by atoms with E-state index < -0.39 is 12.1 Å². The van der Waals surface area contributed by atoms with Crippen molar-refractivity contribution in [1.29, 1.82) is 0 Å². The second kappa shape index (κ2) is 4.84. The molecular weight excluding hydrogens is 243 g/mol. The van der Waals surface area contributed by atoms with Gasteiger partial charge in [0.25, 0.3) is 0 Å². The topological polar surface area (TPSA) is 20.3 Å². The van der Waals surface area contributed by atoms with Crippen molar-refractivity contribution in [3.63, 3.8) is 0 Å². The smallest absolute Gasteiger partial charge is 0.331 e. The normalized spacial score (nSPS) is 16.4. The zero-order valence-corrected chi connectivity index (χ0v) is 9.57. The summed E-state index contributed by atoms with van der Waals surface area (Å²) in [6, 6.07) is 9.46. The zero-order chi connectivity index (χ0) is 13.2. The molecule has 0 aliphatic carbocycles. The molecule has 96 valence electrons. The van der Waals surface area contributed by atoms with Gasteiger partial charge < -0.3 is 4.90 Å². The first kappa shape index (κ1) is 12.7. The van der Waals surface area contributed by atoms with E-state index in [9.17, 15) is 18.0 Å². The maximum atomic E-state index is 12.2. The van der Waals surface area contributed by atoms with Gasteiger partial charge >= 0.3 is 12.1 Å². The van der Waals surface area contributed by atoms with Crippen LogP contribution >= 0.6 is 0 Å². The number of hydrogen-bond acceptors (Lipinski definition) is 1. The third-order valence-corrected chi connectivity index (χ3v) is 2.88. The predicted octanol–water partition coefficient (Wildman–Crippen LogP) is 2.86. The molecule has 0 spiro atoms. The lowest BCUT2D eigenvalue weighted by molar-refractivity contribution is -0.185. The lowest BCUT2D eigenvalue weighted by atomic mass is 9.99. The number of nitrogens with zero attached hydrogens (tertiary/aromatic N) is 1. The molecule has 1 heterocycles. The van der Waals surface area contributed by atoms with Crippen molar-refractivity contribution in [1.82, 2.24) is 4.90 Å². The second-order valence-electron chi connectivity index (χ2n) is 4.09. The molecule has 1 aromatic carbocycles. The first-order valence-corrected chi connectivity index (χ1v) is 5.59. The van der Waals surface area contributed by atoms with Gasteiger partial charge in [0.1, 0.15) is 0 Å². The first-order valence-electron chi connectivity index (χ1n) is 5.59. The summed E-state index contributed by atoms with van der Waals surface area (Å²) in [4.78, 5) is 11.9. The minimum absolute atomic E-state index is 0.0164. The van der Waals surface area contributed by atoms with Crippen LogP contribution in [0.3, 0.4) is 0 Å². The van der Waals surface area contributed by atoms with Crippen LogP contribution < -0.4 is 0 Å². The van der Waals surface area contributed by atoms with E-state index in [0.717, 1.165) is 16.0 Å². The molecule has 0 radical (unpaired) electrons. The average Bonchev–Trinajstić information content (AvgIpc) is 2.38. The van der Waals surface area contributed by atoms with Gasteiger partial charge in [-0.1, -0.05) is 36.4 Å². The number of carbonyl (C=O) groups is 1. The molecule has 0 atom stereocenters. The largest absolute Gasteiger partial charge is 0.471 e. The van der Waals surface area contributed by atoms with Gasteiger partial charge in [-0.3, -0.25) is 4.79 Å². The summed E-state index contributed by atoms with van der Waals surface area (Å²) in [7, 11) is 0. The minimum atomic E-state index is -4.78. The molecule has 2 nitrogen and oxygen atoms in total. The summed E-state index contributed by atoms with van der Waals surface area (Å²) in [5, 5.41) is 0. The number of benzene rings is 1. The molecule has 1 aromatic rings. The number of halogens is 3. The average molecular weight is 255 g/mol. The third kappa shape index (κ3) is 2.72. The Kier molecular flexibility index (Phi) is 3.41. The van der Waals surface area contributed by atoms with E-state index in [-0.39, 0.29) is 13.1 Å². The first-order chi connectivity index (χ1) is 8.48. The molecular formula is C13H12F3NO. The molecule has 0 fully saturated rings. The second-order valence-corrected chi connectivity index (χ2v) is 4.09. The highest BCUT2D eigenvalue weighted by atomic mass is 19.4. The molecule has 0 saturated carbocycles. The molecule has 0 aromatic heterocycles. The monoisotopic (exact) mass is 255 g/mol. The van der Waals surface area contributed by atoms with E-state index in [1.165, 1.54) is 0 Å². The summed E-state index contributed by atoms with van der Waals surface area (Å²) < 4.78 is 36.7. The molecule has 1 aliphatic rings. The summed E-state index contributed by atoms with van der Waals surface area (Å²) in [6.07, 6.45) is -2.65. The fraction of sp³-hybridized carbons (Fsp3) is 0.308. The third-order valence-electron chi connectivity index (χ3n) is 2.88. The Hall–Kier alpha value is -1.78. The van der Waals surface area contributed by atoms with Crippen LogP contribution in [-0.4, -0.2) is 30.1 Å². The molecule has 0 bridgehead atoms. The summed E-state index contributed by atoms with van der Waals surface area (Å²) in [6.45, 7) is 0.127. The van der Waals surface area contributed by atoms with Crippen molar-refractivity contribution in [3.8, 4) is 0 Å². The minimum Gasteiger partial charge on any atom is -0.331 e. The lowest BCUT2D eigenvalue weighted by Gasteiger charge is -2.27. The standard InChI is InChI=1S/C13H12F3NO/c14-13(15,16)12(18)17-8-6-11(7-9-17)10-4-2-1-3-5-10/h1-6H,7-9H2. The van der Waals surface area contributed by atoms with Crippen LogP contribution in [0.2, 0.25) is 0 Å². The molecule has 1 aliphatic heterocycles. The van der Waals surface area contributed by atoms with Crippen LogP contribution in [0.5, 0.6) is 0 Å². The van der Waals surface area contributed by atoms with Crippen LogP contribution in [0.1, 0.15) is 12.0 Å². The molecule has 18 heavy (non-hydrogen) atoms. The quantitative estimate of drug-likeness (QED) is 0.755. The summed E-state index contributed by atoms with van der Waals surface area (Å²) >= 11 is 0. The number of amides is 1. The van der Waals surface area contributed by atoms with Gasteiger partial charge in [0, 0.05) is 13.1 Å². The van der Waals surface area contributed by atoms with Crippen LogP contribution in [-0.2, 0) is 4.79 Å². The van der Waals surface area contributed by atoms with E-state index in [4.69, 9.17) is 0 Å². The van der Waals surface area contributed by atoms with Gasteiger partial charge in [-0.2, -0.15) is 13.2 Å². The number of hydrogen-bond donors (Lipinski definition) is 0.